The second-order valence-electron chi connectivity index (χ2n) is 7.61. The van der Waals surface area contributed by atoms with E-state index in [2.05, 4.69) is 4.98 Å². The Hall–Kier alpha value is -3.13. The van der Waals surface area contributed by atoms with Crippen LogP contribution < -0.4 is 11.2 Å². The lowest BCUT2D eigenvalue weighted by atomic mass is 10.2. The summed E-state index contributed by atoms with van der Waals surface area (Å²) >= 11 is 6.34. The van der Waals surface area contributed by atoms with Crippen molar-refractivity contribution in [3.05, 3.63) is 61.0 Å². The maximum absolute atomic E-state index is 13.4. The number of aryl methyl sites for hydroxylation is 2. The summed E-state index contributed by atoms with van der Waals surface area (Å²) in [7, 11) is 1.55. The third kappa shape index (κ3) is 2.53. The maximum Gasteiger partial charge on any atom is 0.333 e. The Morgan fingerprint density at radius 1 is 1.13 bits per heavy atom. The fourth-order valence-corrected chi connectivity index (χ4v) is 4.04. The van der Waals surface area contributed by atoms with E-state index in [1.807, 2.05) is 43.5 Å². The van der Waals surface area contributed by atoms with Crippen molar-refractivity contribution >= 4 is 34.3 Å². The van der Waals surface area contributed by atoms with Crippen molar-refractivity contribution in [3.63, 3.8) is 0 Å². The molecular weight excluding hydrogens is 406 g/mol. The van der Waals surface area contributed by atoms with Gasteiger partial charge in [0.05, 0.1) is 11.7 Å². The van der Waals surface area contributed by atoms with Crippen LogP contribution in [0.15, 0.2) is 27.8 Å². The van der Waals surface area contributed by atoms with Gasteiger partial charge in [-0.1, -0.05) is 17.7 Å². The Balaban J connectivity index is 2.23. The van der Waals surface area contributed by atoms with E-state index in [1.54, 1.807) is 18.4 Å². The molecule has 9 heteroatoms. The summed E-state index contributed by atoms with van der Waals surface area (Å²) in [5, 5.41) is 0.623. The lowest BCUT2D eigenvalue weighted by Crippen LogP contribution is -2.42. The van der Waals surface area contributed by atoms with Gasteiger partial charge in [-0.3, -0.25) is 23.1 Å². The monoisotopic (exact) mass is 427 g/mol. The van der Waals surface area contributed by atoms with Gasteiger partial charge in [0.1, 0.15) is 0 Å². The van der Waals surface area contributed by atoms with Gasteiger partial charge in [-0.05, 0) is 52.3 Å². The SMILES string of the molecule is CC(=O)C(C)n1c(=O)c2c(nc3n(-c4cccc(Cl)c4C)c(C)c(C)n23)n(C)c1=O. The molecular formula is C21H22ClN5O3. The minimum Gasteiger partial charge on any atom is -0.298 e. The molecule has 0 saturated heterocycles. The largest absolute Gasteiger partial charge is 0.333 e. The Kier molecular flexibility index (Phi) is 4.50. The highest BCUT2D eigenvalue weighted by molar-refractivity contribution is 6.31. The lowest BCUT2D eigenvalue weighted by molar-refractivity contribution is -0.119. The molecule has 0 N–H and O–H groups in total. The summed E-state index contributed by atoms with van der Waals surface area (Å²) in [5.74, 6) is 0.236. The second kappa shape index (κ2) is 6.70. The van der Waals surface area contributed by atoms with Crippen LogP contribution in [0, 0.1) is 20.8 Å². The van der Waals surface area contributed by atoms with Gasteiger partial charge in [0.15, 0.2) is 16.9 Å². The number of halogens is 1. The van der Waals surface area contributed by atoms with E-state index in [0.29, 0.717) is 10.8 Å². The van der Waals surface area contributed by atoms with Crippen molar-refractivity contribution in [2.24, 2.45) is 7.05 Å². The van der Waals surface area contributed by atoms with Gasteiger partial charge in [-0.15, -0.1) is 0 Å². The van der Waals surface area contributed by atoms with Crippen LogP contribution in [0.2, 0.25) is 5.02 Å². The molecule has 3 heterocycles. The average Bonchev–Trinajstić information content (AvgIpc) is 3.19. The highest BCUT2D eigenvalue weighted by atomic mass is 35.5. The minimum atomic E-state index is -0.871. The fourth-order valence-electron chi connectivity index (χ4n) is 3.87. The zero-order valence-electron chi connectivity index (χ0n) is 17.6. The molecule has 156 valence electrons. The van der Waals surface area contributed by atoms with Gasteiger partial charge < -0.3 is 0 Å². The zero-order valence-corrected chi connectivity index (χ0v) is 18.4. The molecule has 1 unspecified atom stereocenters. The highest BCUT2D eigenvalue weighted by Gasteiger charge is 2.26. The summed E-state index contributed by atoms with van der Waals surface area (Å²) in [6.45, 7) is 8.66. The number of aromatic nitrogens is 5. The van der Waals surface area contributed by atoms with E-state index in [-0.39, 0.29) is 16.9 Å². The van der Waals surface area contributed by atoms with Crippen LogP contribution in [0.4, 0.5) is 0 Å². The predicted octanol–water partition coefficient (Wildman–Crippen LogP) is 2.87. The summed E-state index contributed by atoms with van der Waals surface area (Å²) in [5.41, 5.74) is 2.85. The van der Waals surface area contributed by atoms with Gasteiger partial charge in [0.25, 0.3) is 5.56 Å². The van der Waals surface area contributed by atoms with E-state index < -0.39 is 17.3 Å². The van der Waals surface area contributed by atoms with Crippen molar-refractivity contribution in [1.29, 1.82) is 0 Å². The molecule has 30 heavy (non-hydrogen) atoms. The van der Waals surface area contributed by atoms with Crippen LogP contribution >= 0.6 is 11.6 Å². The molecule has 3 aromatic heterocycles. The number of Topliss-reactive ketones (excluding diaryl/α,β-unsaturated/α-hetero) is 1. The number of hydrogen-bond donors (Lipinski definition) is 0. The summed E-state index contributed by atoms with van der Waals surface area (Å²) < 4.78 is 5.98. The van der Waals surface area contributed by atoms with E-state index in [1.165, 1.54) is 11.5 Å². The second-order valence-corrected chi connectivity index (χ2v) is 8.02. The minimum absolute atomic E-state index is 0.263. The van der Waals surface area contributed by atoms with Crippen molar-refractivity contribution in [2.45, 2.75) is 40.7 Å². The van der Waals surface area contributed by atoms with Crippen molar-refractivity contribution in [2.75, 3.05) is 0 Å². The number of hydrogen-bond acceptors (Lipinski definition) is 4. The quantitative estimate of drug-likeness (QED) is 0.503. The van der Waals surface area contributed by atoms with Crippen LogP contribution in [-0.4, -0.2) is 28.9 Å². The molecule has 8 nitrogen and oxygen atoms in total. The molecule has 0 radical (unpaired) electrons. The molecule has 0 saturated carbocycles. The summed E-state index contributed by atoms with van der Waals surface area (Å²) in [6, 6.07) is 4.74. The first kappa shape index (κ1) is 20.2. The Labute approximate surface area is 176 Å². The van der Waals surface area contributed by atoms with Crippen LogP contribution in [0.5, 0.6) is 0 Å². The zero-order chi connectivity index (χ0) is 22.1. The van der Waals surface area contributed by atoms with Crippen LogP contribution in [0.3, 0.4) is 0 Å². The van der Waals surface area contributed by atoms with Crippen LogP contribution in [0.1, 0.15) is 36.8 Å². The number of nitrogens with zero attached hydrogens (tertiary/aromatic N) is 5. The first-order chi connectivity index (χ1) is 14.1. The molecule has 4 aromatic rings. The molecule has 1 atom stereocenters. The first-order valence-electron chi connectivity index (χ1n) is 9.55. The van der Waals surface area contributed by atoms with Gasteiger partial charge in [0, 0.05) is 23.5 Å². The van der Waals surface area contributed by atoms with E-state index in [9.17, 15) is 14.4 Å². The third-order valence-corrected chi connectivity index (χ3v) is 6.33. The molecule has 0 amide bonds. The molecule has 1 aromatic carbocycles. The van der Waals surface area contributed by atoms with Crippen LogP contribution in [-0.2, 0) is 11.8 Å². The molecule has 4 rings (SSSR count). The number of carbonyl (C=O) groups is 1. The van der Waals surface area contributed by atoms with Crippen molar-refractivity contribution < 1.29 is 4.79 Å². The fraction of sp³-hybridized carbons (Fsp3) is 0.333. The third-order valence-electron chi connectivity index (χ3n) is 5.92. The number of fused-ring (bicyclic) bond motifs is 3. The Morgan fingerprint density at radius 3 is 2.43 bits per heavy atom. The topological polar surface area (TPSA) is 83.3 Å². The van der Waals surface area contributed by atoms with E-state index in [0.717, 1.165) is 27.2 Å². The molecule has 0 aliphatic heterocycles. The van der Waals surface area contributed by atoms with Crippen molar-refractivity contribution in [1.82, 2.24) is 23.1 Å². The van der Waals surface area contributed by atoms with E-state index >= 15 is 0 Å². The smallest absolute Gasteiger partial charge is 0.298 e. The molecule has 0 aliphatic carbocycles. The van der Waals surface area contributed by atoms with Gasteiger partial charge in [-0.2, -0.15) is 4.98 Å². The molecule has 0 spiro atoms. The lowest BCUT2D eigenvalue weighted by Gasteiger charge is -2.13. The van der Waals surface area contributed by atoms with E-state index in [4.69, 9.17) is 11.6 Å². The number of ketones is 1. The maximum atomic E-state index is 13.4. The summed E-state index contributed by atoms with van der Waals surface area (Å²) in [6.07, 6.45) is 0. The number of imidazole rings is 2. The summed E-state index contributed by atoms with van der Waals surface area (Å²) in [4.78, 5) is 42.8. The normalized spacial score (nSPS) is 12.8. The standard InChI is InChI=1S/C21H22ClN5O3/c1-10-15(22)8-7-9-16(10)25-11(2)12(3)26-17-18(23-20(25)26)24(6)21(30)27(19(17)29)13(4)14(5)28/h7-9,13H,1-6H3. The predicted molar refractivity (Wildman–Crippen MR) is 116 cm³/mol. The van der Waals surface area contributed by atoms with Crippen molar-refractivity contribution in [3.8, 4) is 5.69 Å². The average molecular weight is 428 g/mol. The Morgan fingerprint density at radius 2 is 1.80 bits per heavy atom. The van der Waals surface area contributed by atoms with Gasteiger partial charge in [0.2, 0.25) is 5.78 Å². The van der Waals surface area contributed by atoms with Gasteiger partial charge >= 0.3 is 5.69 Å². The number of carbonyl (C=O) groups excluding carboxylic acids is 1. The molecule has 0 bridgehead atoms. The Bertz CT molecular complexity index is 1490. The highest BCUT2D eigenvalue weighted by Crippen LogP contribution is 2.29. The number of rotatable bonds is 3. The van der Waals surface area contributed by atoms with Crippen LogP contribution in [0.25, 0.3) is 22.6 Å². The molecule has 0 aliphatic rings. The first-order valence-corrected chi connectivity index (χ1v) is 9.93. The molecule has 0 fully saturated rings. The van der Waals surface area contributed by atoms with Gasteiger partial charge in [-0.25, -0.2) is 9.36 Å². The number of benzene rings is 1.